The van der Waals surface area contributed by atoms with Crippen LogP contribution in [0.2, 0.25) is 0 Å². The highest BCUT2D eigenvalue weighted by Crippen LogP contribution is 2.07. The third-order valence-electron chi connectivity index (χ3n) is 1.30. The van der Waals surface area contributed by atoms with Crippen LogP contribution in [0.15, 0.2) is 24.4 Å². The minimum Gasteiger partial charge on any atom is -0.383 e. The molecular formula is C8H9N3O. The Kier molecular flexibility index (Phi) is 2.42. The van der Waals surface area contributed by atoms with Gasteiger partial charge in [-0.25, -0.2) is 4.98 Å². The maximum Gasteiger partial charge on any atom is 0.241 e. The Morgan fingerprint density at radius 1 is 1.58 bits per heavy atom. The molecule has 4 nitrogen and oxygen atoms in total. The Labute approximate surface area is 69.9 Å². The van der Waals surface area contributed by atoms with Gasteiger partial charge >= 0.3 is 0 Å². The number of hydrogen-bond donors (Lipinski definition) is 2. The topological polar surface area (TPSA) is 82.0 Å². The molecule has 0 aliphatic heterocycles. The molecule has 0 atom stereocenters. The number of carbonyl (C=O) groups excluding carboxylic acids is 1. The van der Waals surface area contributed by atoms with E-state index in [9.17, 15) is 4.79 Å². The third-order valence-corrected chi connectivity index (χ3v) is 1.30. The lowest BCUT2D eigenvalue weighted by molar-refractivity contribution is -0.113. The number of nitrogens with zero attached hydrogens (tertiary/aromatic N) is 1. The lowest BCUT2D eigenvalue weighted by Gasteiger charge is -1.95. The molecule has 0 saturated carbocycles. The fraction of sp³-hybridized carbons (Fsp3) is 0. The van der Waals surface area contributed by atoms with Crippen LogP contribution in [0, 0.1) is 0 Å². The zero-order chi connectivity index (χ0) is 8.97. The molecule has 1 amide bonds. The number of carbonyl (C=O) groups is 1. The summed E-state index contributed by atoms with van der Waals surface area (Å²) in [6.45, 7) is 0. The highest BCUT2D eigenvalue weighted by molar-refractivity contribution is 5.90. The summed E-state index contributed by atoms with van der Waals surface area (Å²) in [5.41, 5.74) is 11.1. The Hall–Kier alpha value is -1.84. The molecule has 0 aromatic carbocycles. The summed E-state index contributed by atoms with van der Waals surface area (Å²) in [7, 11) is 0. The van der Waals surface area contributed by atoms with Crippen molar-refractivity contribution in [1.82, 2.24) is 4.98 Å². The first-order chi connectivity index (χ1) is 5.70. The minimum absolute atomic E-state index is 0.384. The van der Waals surface area contributed by atoms with E-state index in [1.165, 1.54) is 12.2 Å². The van der Waals surface area contributed by atoms with Gasteiger partial charge in [0.05, 0.1) is 0 Å². The van der Waals surface area contributed by atoms with Gasteiger partial charge in [0, 0.05) is 17.8 Å². The van der Waals surface area contributed by atoms with Gasteiger partial charge in [-0.2, -0.15) is 0 Å². The van der Waals surface area contributed by atoms with Crippen LogP contribution in [0.1, 0.15) is 5.56 Å². The van der Waals surface area contributed by atoms with Crippen LogP contribution in [0.4, 0.5) is 5.82 Å². The second-order valence-corrected chi connectivity index (χ2v) is 2.21. The molecule has 0 radical (unpaired) electrons. The smallest absolute Gasteiger partial charge is 0.241 e. The first-order valence-electron chi connectivity index (χ1n) is 3.38. The second-order valence-electron chi connectivity index (χ2n) is 2.21. The van der Waals surface area contributed by atoms with Crippen molar-refractivity contribution in [2.45, 2.75) is 0 Å². The van der Waals surface area contributed by atoms with Crippen molar-refractivity contribution < 1.29 is 4.79 Å². The molecule has 62 valence electrons. The molecule has 0 aliphatic rings. The lowest BCUT2D eigenvalue weighted by Crippen LogP contribution is -2.05. The number of aromatic nitrogens is 1. The average molecular weight is 163 g/mol. The molecule has 12 heavy (non-hydrogen) atoms. The summed E-state index contributed by atoms with van der Waals surface area (Å²) < 4.78 is 0. The van der Waals surface area contributed by atoms with Gasteiger partial charge in [-0.3, -0.25) is 4.79 Å². The predicted octanol–water partition coefficient (Wildman–Crippen LogP) is 0.162. The number of nitrogens with two attached hydrogens (primary N) is 2. The lowest BCUT2D eigenvalue weighted by atomic mass is 10.2. The fourth-order valence-corrected chi connectivity index (χ4v) is 0.743. The van der Waals surface area contributed by atoms with Crippen LogP contribution in [-0.2, 0) is 4.79 Å². The quantitative estimate of drug-likeness (QED) is 0.609. The molecule has 4 heteroatoms. The Balaban J connectivity index is 2.89. The van der Waals surface area contributed by atoms with Crippen molar-refractivity contribution in [3.63, 3.8) is 0 Å². The third kappa shape index (κ3) is 2.09. The summed E-state index contributed by atoms with van der Waals surface area (Å²) in [5, 5.41) is 0. The van der Waals surface area contributed by atoms with Crippen molar-refractivity contribution >= 4 is 17.8 Å². The SMILES string of the molecule is NC(=O)/C=C/c1cccnc1N. The maximum absolute atomic E-state index is 10.4. The summed E-state index contributed by atoms with van der Waals surface area (Å²) in [5.74, 6) is -0.117. The first-order valence-corrected chi connectivity index (χ1v) is 3.38. The molecule has 1 heterocycles. The number of pyridine rings is 1. The molecule has 0 saturated heterocycles. The Bertz CT molecular complexity index is 320. The van der Waals surface area contributed by atoms with E-state index in [1.54, 1.807) is 18.3 Å². The van der Waals surface area contributed by atoms with Gasteiger partial charge in [0.25, 0.3) is 0 Å². The minimum atomic E-state index is -0.502. The molecule has 0 spiro atoms. The van der Waals surface area contributed by atoms with Crippen molar-refractivity contribution in [3.8, 4) is 0 Å². The van der Waals surface area contributed by atoms with Gasteiger partial charge in [0.2, 0.25) is 5.91 Å². The van der Waals surface area contributed by atoms with E-state index in [0.717, 1.165) is 0 Å². The van der Waals surface area contributed by atoms with E-state index >= 15 is 0 Å². The maximum atomic E-state index is 10.4. The van der Waals surface area contributed by atoms with Crippen molar-refractivity contribution in [1.29, 1.82) is 0 Å². The van der Waals surface area contributed by atoms with Gasteiger partial charge in [0.1, 0.15) is 5.82 Å². The second kappa shape index (κ2) is 3.52. The standard InChI is InChI=1S/C8H9N3O/c9-7(12)4-3-6-2-1-5-11-8(6)10/h1-5H,(H2,9,12)(H2,10,11)/b4-3+. The monoisotopic (exact) mass is 163 g/mol. The highest BCUT2D eigenvalue weighted by atomic mass is 16.1. The molecular weight excluding hydrogens is 154 g/mol. The van der Waals surface area contributed by atoms with E-state index in [4.69, 9.17) is 11.5 Å². The van der Waals surface area contributed by atoms with Crippen molar-refractivity contribution in [2.24, 2.45) is 5.73 Å². The van der Waals surface area contributed by atoms with Gasteiger partial charge in [-0.05, 0) is 18.2 Å². The summed E-state index contributed by atoms with van der Waals surface area (Å²) >= 11 is 0. The molecule has 4 N–H and O–H groups in total. The van der Waals surface area contributed by atoms with Crippen molar-refractivity contribution in [3.05, 3.63) is 30.0 Å². The number of nitrogen functional groups attached to an aromatic ring is 1. The predicted molar refractivity (Wildman–Crippen MR) is 46.9 cm³/mol. The zero-order valence-corrected chi connectivity index (χ0v) is 6.40. The summed E-state index contributed by atoms with van der Waals surface area (Å²) in [4.78, 5) is 14.2. The van der Waals surface area contributed by atoms with Crippen LogP contribution >= 0.6 is 0 Å². The number of hydrogen-bond acceptors (Lipinski definition) is 3. The van der Waals surface area contributed by atoms with Crippen LogP contribution in [-0.4, -0.2) is 10.9 Å². The number of amides is 1. The number of primary amides is 1. The Morgan fingerprint density at radius 3 is 2.92 bits per heavy atom. The van der Waals surface area contributed by atoms with Gasteiger partial charge in [-0.15, -0.1) is 0 Å². The van der Waals surface area contributed by atoms with Crippen LogP contribution in [0.25, 0.3) is 6.08 Å². The molecule has 0 bridgehead atoms. The molecule has 0 fully saturated rings. The van der Waals surface area contributed by atoms with E-state index in [2.05, 4.69) is 4.98 Å². The van der Waals surface area contributed by atoms with Gasteiger partial charge in [0.15, 0.2) is 0 Å². The summed E-state index contributed by atoms with van der Waals surface area (Å²) in [6, 6.07) is 3.48. The van der Waals surface area contributed by atoms with Crippen LogP contribution in [0.5, 0.6) is 0 Å². The van der Waals surface area contributed by atoms with E-state index in [-0.39, 0.29) is 0 Å². The molecule has 0 unspecified atom stereocenters. The van der Waals surface area contributed by atoms with Gasteiger partial charge in [-0.1, -0.05) is 0 Å². The van der Waals surface area contributed by atoms with Crippen molar-refractivity contribution in [2.75, 3.05) is 5.73 Å². The number of anilines is 1. The first kappa shape index (κ1) is 8.26. The molecule has 1 aromatic rings. The molecule has 1 aromatic heterocycles. The largest absolute Gasteiger partial charge is 0.383 e. The molecule has 0 aliphatic carbocycles. The van der Waals surface area contributed by atoms with Gasteiger partial charge < -0.3 is 11.5 Å². The van der Waals surface area contributed by atoms with Crippen LogP contribution < -0.4 is 11.5 Å². The zero-order valence-electron chi connectivity index (χ0n) is 6.40. The molecule has 1 rings (SSSR count). The van der Waals surface area contributed by atoms with E-state index in [0.29, 0.717) is 11.4 Å². The van der Waals surface area contributed by atoms with E-state index in [1.807, 2.05) is 0 Å². The fourth-order valence-electron chi connectivity index (χ4n) is 0.743. The van der Waals surface area contributed by atoms with E-state index < -0.39 is 5.91 Å². The number of rotatable bonds is 2. The van der Waals surface area contributed by atoms with Crippen LogP contribution in [0.3, 0.4) is 0 Å². The average Bonchev–Trinajstić information content (AvgIpc) is 2.03. The summed E-state index contributed by atoms with van der Waals surface area (Å²) in [6.07, 6.45) is 4.36. The highest BCUT2D eigenvalue weighted by Gasteiger charge is 1.93. The Morgan fingerprint density at radius 2 is 2.33 bits per heavy atom. The normalized spacial score (nSPS) is 10.3.